The zero-order chi connectivity index (χ0) is 23.5. The first-order chi connectivity index (χ1) is 13.8. The second-order valence-corrected chi connectivity index (χ2v) is 7.28. The highest BCUT2D eigenvalue weighted by Crippen LogP contribution is 2.26. The van der Waals surface area contributed by atoms with Crippen LogP contribution in [-0.4, -0.2) is 30.2 Å². The summed E-state index contributed by atoms with van der Waals surface area (Å²) in [6.45, 7) is 10.3. The van der Waals surface area contributed by atoms with Gasteiger partial charge in [-0.1, -0.05) is 37.1 Å². The van der Waals surface area contributed by atoms with Crippen molar-refractivity contribution < 1.29 is 26.7 Å². The molecule has 0 aromatic heterocycles. The number of rotatable bonds is 10. The molecule has 0 spiro atoms. The Kier molecular flexibility index (Phi) is 11.9. The lowest BCUT2D eigenvalue weighted by atomic mass is 10.2. The van der Waals surface area contributed by atoms with E-state index >= 15 is 0 Å². The van der Waals surface area contributed by atoms with E-state index < -0.39 is 29.3 Å². The molecular formula is C20H24F5N3OS. The van der Waals surface area contributed by atoms with Gasteiger partial charge in [0.1, 0.15) is 5.83 Å². The Morgan fingerprint density at radius 3 is 2.23 bits per heavy atom. The fourth-order valence-electron chi connectivity index (χ4n) is 1.68. The summed E-state index contributed by atoms with van der Waals surface area (Å²) in [6, 6.07) is 0. The van der Waals surface area contributed by atoms with Gasteiger partial charge in [-0.15, -0.1) is 0 Å². The van der Waals surface area contributed by atoms with Crippen LogP contribution in [-0.2, 0) is 4.79 Å². The van der Waals surface area contributed by atoms with Crippen LogP contribution in [0.1, 0.15) is 20.8 Å². The first-order valence-electron chi connectivity index (χ1n) is 8.51. The molecular weight excluding hydrogens is 425 g/mol. The van der Waals surface area contributed by atoms with Gasteiger partial charge in [0.15, 0.2) is 0 Å². The Morgan fingerprint density at radius 1 is 1.13 bits per heavy atom. The second kappa shape index (κ2) is 13.0. The summed E-state index contributed by atoms with van der Waals surface area (Å²) in [5.41, 5.74) is -0.742. The average molecular weight is 449 g/mol. The SMILES string of the molecule is C=C/C(NC(=O)CNCC(=N)S/C(C)=C(C)/C=C\C(=C)C(F)(F)F)=C(F)\C=C(/C)F. The monoisotopic (exact) mass is 449 g/mol. The number of carbonyl (C=O) groups is 1. The van der Waals surface area contributed by atoms with E-state index in [4.69, 9.17) is 5.41 Å². The average Bonchev–Trinajstić information content (AvgIpc) is 2.62. The van der Waals surface area contributed by atoms with Crippen LogP contribution < -0.4 is 10.6 Å². The van der Waals surface area contributed by atoms with Crippen LogP contribution in [0.4, 0.5) is 22.0 Å². The topological polar surface area (TPSA) is 65.0 Å². The summed E-state index contributed by atoms with van der Waals surface area (Å²) < 4.78 is 63.6. The van der Waals surface area contributed by atoms with Gasteiger partial charge in [-0.05, 0) is 37.3 Å². The smallest absolute Gasteiger partial charge is 0.322 e. The van der Waals surface area contributed by atoms with E-state index in [-0.39, 0.29) is 23.8 Å². The van der Waals surface area contributed by atoms with Crippen molar-refractivity contribution in [3.63, 3.8) is 0 Å². The summed E-state index contributed by atoms with van der Waals surface area (Å²) in [6.07, 6.45) is -0.748. The molecule has 0 aromatic carbocycles. The standard InChI is InChI=1S/C20H24F5N3OS/c1-6-17(16(22)9-14(4)21)28-19(29)11-27-10-18(26)30-15(5)12(2)7-8-13(3)20(23,24)25/h6-9,26-27H,1,3,10-11H2,2,4-5H3,(H,28,29)/b8-7-,14-9+,15-12+,17-16-,26-18?. The molecule has 0 saturated heterocycles. The number of thioether (sulfide) groups is 1. The van der Waals surface area contributed by atoms with Gasteiger partial charge in [0, 0.05) is 18.2 Å². The molecule has 10 heteroatoms. The van der Waals surface area contributed by atoms with Crippen LogP contribution in [0.2, 0.25) is 0 Å². The van der Waals surface area contributed by atoms with Crippen LogP contribution in [0.3, 0.4) is 0 Å². The fourth-order valence-corrected chi connectivity index (χ4v) is 2.46. The Hall–Kier alpha value is -2.46. The van der Waals surface area contributed by atoms with Crippen molar-refractivity contribution >= 4 is 22.7 Å². The predicted octanol–water partition coefficient (Wildman–Crippen LogP) is 5.61. The van der Waals surface area contributed by atoms with Crippen molar-refractivity contribution in [3.8, 4) is 0 Å². The first-order valence-corrected chi connectivity index (χ1v) is 9.33. The van der Waals surface area contributed by atoms with Crippen molar-refractivity contribution in [2.75, 3.05) is 13.1 Å². The predicted molar refractivity (Wildman–Crippen MR) is 112 cm³/mol. The molecule has 4 nitrogen and oxygen atoms in total. The lowest BCUT2D eigenvalue weighted by Crippen LogP contribution is -2.35. The zero-order valence-corrected chi connectivity index (χ0v) is 17.7. The van der Waals surface area contributed by atoms with Crippen LogP contribution >= 0.6 is 11.8 Å². The molecule has 0 aliphatic rings. The quantitative estimate of drug-likeness (QED) is 0.176. The summed E-state index contributed by atoms with van der Waals surface area (Å²) in [7, 11) is 0. The van der Waals surface area contributed by atoms with E-state index in [2.05, 4.69) is 23.8 Å². The number of allylic oxidation sites excluding steroid dienone is 9. The van der Waals surface area contributed by atoms with Crippen molar-refractivity contribution in [1.29, 1.82) is 5.41 Å². The van der Waals surface area contributed by atoms with Gasteiger partial charge in [0.05, 0.1) is 23.1 Å². The zero-order valence-electron chi connectivity index (χ0n) is 16.8. The largest absolute Gasteiger partial charge is 0.415 e. The number of carbonyl (C=O) groups excluding carboxylic acids is 1. The number of halogens is 5. The first kappa shape index (κ1) is 27.5. The van der Waals surface area contributed by atoms with Gasteiger partial charge >= 0.3 is 6.18 Å². The lowest BCUT2D eigenvalue weighted by molar-refractivity contribution is -0.119. The molecule has 0 aliphatic heterocycles. The van der Waals surface area contributed by atoms with Crippen LogP contribution in [0, 0.1) is 5.41 Å². The molecule has 166 valence electrons. The molecule has 0 fully saturated rings. The van der Waals surface area contributed by atoms with E-state index in [0.29, 0.717) is 16.6 Å². The Labute approximate surface area is 176 Å². The molecule has 0 aromatic rings. The van der Waals surface area contributed by atoms with Gasteiger partial charge < -0.3 is 10.6 Å². The highest BCUT2D eigenvalue weighted by molar-refractivity contribution is 8.17. The van der Waals surface area contributed by atoms with Crippen molar-refractivity contribution in [2.45, 2.75) is 26.9 Å². The van der Waals surface area contributed by atoms with E-state index in [0.717, 1.165) is 30.8 Å². The molecule has 0 rings (SSSR count). The van der Waals surface area contributed by atoms with Crippen molar-refractivity contribution in [2.24, 2.45) is 0 Å². The van der Waals surface area contributed by atoms with E-state index in [1.807, 2.05) is 0 Å². The lowest BCUT2D eigenvalue weighted by Gasteiger charge is -2.09. The Balaban J connectivity index is 4.66. The van der Waals surface area contributed by atoms with Crippen molar-refractivity contribution in [3.05, 3.63) is 70.9 Å². The molecule has 0 heterocycles. The number of hydrogen-bond donors (Lipinski definition) is 3. The van der Waals surface area contributed by atoms with E-state index in [1.54, 1.807) is 13.8 Å². The number of amides is 1. The molecule has 1 amide bonds. The minimum absolute atomic E-state index is 0.000784. The van der Waals surface area contributed by atoms with Gasteiger partial charge in [0.25, 0.3) is 0 Å². The summed E-state index contributed by atoms with van der Waals surface area (Å²) in [5.74, 6) is -2.39. The maximum absolute atomic E-state index is 13.7. The number of hydrogen-bond acceptors (Lipinski definition) is 4. The molecule has 0 bridgehead atoms. The normalized spacial score (nSPS) is 14.2. The number of nitrogens with one attached hydrogen (secondary N) is 3. The molecule has 30 heavy (non-hydrogen) atoms. The van der Waals surface area contributed by atoms with E-state index in [1.165, 1.54) is 6.08 Å². The highest BCUT2D eigenvalue weighted by Gasteiger charge is 2.29. The van der Waals surface area contributed by atoms with E-state index in [9.17, 15) is 26.7 Å². The minimum Gasteiger partial charge on any atom is -0.322 e. The van der Waals surface area contributed by atoms with Crippen LogP contribution in [0.25, 0.3) is 0 Å². The molecule has 0 unspecified atom stereocenters. The van der Waals surface area contributed by atoms with Gasteiger partial charge in [-0.2, -0.15) is 13.2 Å². The van der Waals surface area contributed by atoms with Gasteiger partial charge in [-0.3, -0.25) is 10.2 Å². The Bertz CT molecular complexity index is 804. The molecule has 0 saturated carbocycles. The van der Waals surface area contributed by atoms with Crippen LogP contribution in [0.5, 0.6) is 0 Å². The molecule has 0 radical (unpaired) electrons. The minimum atomic E-state index is -4.50. The summed E-state index contributed by atoms with van der Waals surface area (Å²) in [4.78, 5) is 12.4. The molecule has 0 atom stereocenters. The van der Waals surface area contributed by atoms with Gasteiger partial charge in [0.2, 0.25) is 5.91 Å². The molecule has 3 N–H and O–H groups in total. The third kappa shape index (κ3) is 11.5. The maximum Gasteiger partial charge on any atom is 0.415 e. The second-order valence-electron chi connectivity index (χ2n) is 5.97. The highest BCUT2D eigenvalue weighted by atomic mass is 32.2. The summed E-state index contributed by atoms with van der Waals surface area (Å²) in [5, 5.41) is 12.9. The maximum atomic E-state index is 13.7. The van der Waals surface area contributed by atoms with Crippen LogP contribution in [0.15, 0.2) is 70.9 Å². The Morgan fingerprint density at radius 2 is 1.73 bits per heavy atom. The third-order valence-electron chi connectivity index (χ3n) is 3.36. The summed E-state index contributed by atoms with van der Waals surface area (Å²) >= 11 is 1.02. The molecule has 0 aliphatic carbocycles. The van der Waals surface area contributed by atoms with Gasteiger partial charge in [-0.25, -0.2) is 8.78 Å². The van der Waals surface area contributed by atoms with Crippen molar-refractivity contribution in [1.82, 2.24) is 10.6 Å². The number of alkyl halides is 3. The third-order valence-corrected chi connectivity index (χ3v) is 4.38. The fraction of sp³-hybridized carbons (Fsp3) is 0.300.